The summed E-state index contributed by atoms with van der Waals surface area (Å²) in [6, 6.07) is 4.35. The zero-order valence-electron chi connectivity index (χ0n) is 10.7. The van der Waals surface area contributed by atoms with Crippen LogP contribution in [0.5, 0.6) is 0 Å². The smallest absolute Gasteiger partial charge is 0.272 e. The van der Waals surface area contributed by atoms with Crippen molar-refractivity contribution in [2.75, 3.05) is 13.1 Å². The number of hydrogen-bond donors (Lipinski definition) is 1. The maximum atomic E-state index is 12.2. The van der Waals surface area contributed by atoms with Crippen molar-refractivity contribution in [3.8, 4) is 0 Å². The van der Waals surface area contributed by atoms with E-state index in [1.807, 2.05) is 0 Å². The molecule has 1 aromatic carbocycles. The molecule has 1 N–H and O–H groups in total. The predicted molar refractivity (Wildman–Crippen MR) is 69.0 cm³/mol. The van der Waals surface area contributed by atoms with Gasteiger partial charge in [0, 0.05) is 30.3 Å². The second kappa shape index (κ2) is 5.36. The molecule has 102 valence electrons. The first kappa shape index (κ1) is 13.5. The average Bonchev–Trinajstić information content (AvgIpc) is 2.37. The van der Waals surface area contributed by atoms with Gasteiger partial charge in [-0.25, -0.2) is 0 Å². The predicted octanol–water partition coefficient (Wildman–Crippen LogP) is 1.50. The number of rotatable bonds is 2. The summed E-state index contributed by atoms with van der Waals surface area (Å²) < 4.78 is 0. The molecule has 1 aromatic rings. The molecule has 0 saturated carbocycles. The maximum absolute atomic E-state index is 12.2. The fourth-order valence-corrected chi connectivity index (χ4v) is 2.32. The monoisotopic (exact) mass is 264 g/mol. The number of amides is 1. The van der Waals surface area contributed by atoms with Crippen LogP contribution in [0.1, 0.15) is 28.8 Å². The standard InChI is InChI=1S/C13H16N2O4/c1-9-7-10(4-5-12(9)15(18)19)13(17)14-6-2-3-11(16)8-14/h4-5,7,11,16H,2-3,6,8H2,1H3. The van der Waals surface area contributed by atoms with Crippen LogP contribution >= 0.6 is 0 Å². The van der Waals surface area contributed by atoms with E-state index in [1.165, 1.54) is 18.2 Å². The summed E-state index contributed by atoms with van der Waals surface area (Å²) >= 11 is 0. The Labute approximate surface area is 110 Å². The van der Waals surface area contributed by atoms with E-state index in [2.05, 4.69) is 0 Å². The normalized spacial score (nSPS) is 19.3. The molecular formula is C13H16N2O4. The molecule has 1 heterocycles. The second-order valence-corrected chi connectivity index (χ2v) is 4.81. The minimum absolute atomic E-state index is 0.00947. The van der Waals surface area contributed by atoms with E-state index in [0.29, 0.717) is 30.6 Å². The van der Waals surface area contributed by atoms with Crippen LogP contribution in [0.2, 0.25) is 0 Å². The van der Waals surface area contributed by atoms with Gasteiger partial charge in [-0.3, -0.25) is 14.9 Å². The molecule has 1 aliphatic rings. The highest BCUT2D eigenvalue weighted by Gasteiger charge is 2.24. The molecule has 1 amide bonds. The van der Waals surface area contributed by atoms with Crippen molar-refractivity contribution in [1.29, 1.82) is 0 Å². The Hall–Kier alpha value is -1.95. The van der Waals surface area contributed by atoms with Gasteiger partial charge in [-0.1, -0.05) is 0 Å². The van der Waals surface area contributed by atoms with Crippen LogP contribution in [-0.4, -0.2) is 40.0 Å². The average molecular weight is 264 g/mol. The Morgan fingerprint density at radius 3 is 2.84 bits per heavy atom. The molecule has 0 aliphatic carbocycles. The molecule has 19 heavy (non-hydrogen) atoms. The number of aryl methyl sites for hydroxylation is 1. The third-order valence-corrected chi connectivity index (χ3v) is 3.32. The van der Waals surface area contributed by atoms with Crippen LogP contribution in [0, 0.1) is 17.0 Å². The minimum Gasteiger partial charge on any atom is -0.391 e. The fraction of sp³-hybridized carbons (Fsp3) is 0.462. The first-order valence-corrected chi connectivity index (χ1v) is 6.21. The molecule has 2 rings (SSSR count). The number of piperidine rings is 1. The van der Waals surface area contributed by atoms with Gasteiger partial charge in [0.1, 0.15) is 0 Å². The van der Waals surface area contributed by atoms with E-state index in [9.17, 15) is 20.0 Å². The molecule has 1 aliphatic heterocycles. The highest BCUT2D eigenvalue weighted by atomic mass is 16.6. The molecule has 0 bridgehead atoms. The Balaban J connectivity index is 2.19. The van der Waals surface area contributed by atoms with Gasteiger partial charge in [-0.2, -0.15) is 0 Å². The van der Waals surface area contributed by atoms with E-state index in [1.54, 1.807) is 11.8 Å². The van der Waals surface area contributed by atoms with Crippen LogP contribution in [0.3, 0.4) is 0 Å². The Morgan fingerprint density at radius 1 is 1.53 bits per heavy atom. The third kappa shape index (κ3) is 2.90. The van der Waals surface area contributed by atoms with E-state index in [0.717, 1.165) is 6.42 Å². The number of carbonyl (C=O) groups excluding carboxylic acids is 1. The first-order valence-electron chi connectivity index (χ1n) is 6.21. The van der Waals surface area contributed by atoms with Crippen molar-refractivity contribution in [2.24, 2.45) is 0 Å². The summed E-state index contributed by atoms with van der Waals surface area (Å²) in [5, 5.41) is 20.3. The second-order valence-electron chi connectivity index (χ2n) is 4.81. The topological polar surface area (TPSA) is 83.7 Å². The largest absolute Gasteiger partial charge is 0.391 e. The Kier molecular flexibility index (Phi) is 3.80. The number of carbonyl (C=O) groups is 1. The van der Waals surface area contributed by atoms with Crippen molar-refractivity contribution in [2.45, 2.75) is 25.9 Å². The zero-order valence-corrected chi connectivity index (χ0v) is 10.7. The van der Waals surface area contributed by atoms with Gasteiger partial charge in [0.05, 0.1) is 11.0 Å². The lowest BCUT2D eigenvalue weighted by Crippen LogP contribution is -2.42. The highest BCUT2D eigenvalue weighted by molar-refractivity contribution is 5.94. The summed E-state index contributed by atoms with van der Waals surface area (Å²) in [4.78, 5) is 24.1. The number of nitro benzene ring substituents is 1. The van der Waals surface area contributed by atoms with Crippen LogP contribution in [0.15, 0.2) is 18.2 Å². The number of likely N-dealkylation sites (tertiary alicyclic amines) is 1. The number of nitro groups is 1. The van der Waals surface area contributed by atoms with Crippen LogP contribution < -0.4 is 0 Å². The van der Waals surface area contributed by atoms with Gasteiger partial charge in [0.25, 0.3) is 11.6 Å². The molecule has 0 spiro atoms. The van der Waals surface area contributed by atoms with Crippen LogP contribution in [0.25, 0.3) is 0 Å². The van der Waals surface area contributed by atoms with E-state index < -0.39 is 11.0 Å². The van der Waals surface area contributed by atoms with E-state index in [-0.39, 0.29) is 11.6 Å². The number of aliphatic hydroxyl groups is 1. The lowest BCUT2D eigenvalue weighted by atomic mass is 10.1. The zero-order chi connectivity index (χ0) is 14.0. The third-order valence-electron chi connectivity index (χ3n) is 3.32. The lowest BCUT2D eigenvalue weighted by Gasteiger charge is -2.30. The summed E-state index contributed by atoms with van der Waals surface area (Å²) in [6.07, 6.45) is 1.01. The summed E-state index contributed by atoms with van der Waals surface area (Å²) in [5.74, 6) is -0.184. The lowest BCUT2D eigenvalue weighted by molar-refractivity contribution is -0.385. The molecule has 1 unspecified atom stereocenters. The Bertz CT molecular complexity index is 515. The van der Waals surface area contributed by atoms with Crippen molar-refractivity contribution >= 4 is 11.6 Å². The van der Waals surface area contributed by atoms with E-state index >= 15 is 0 Å². The molecule has 1 fully saturated rings. The van der Waals surface area contributed by atoms with Crippen molar-refractivity contribution in [1.82, 2.24) is 4.90 Å². The Morgan fingerprint density at radius 2 is 2.26 bits per heavy atom. The fourth-order valence-electron chi connectivity index (χ4n) is 2.32. The molecule has 0 radical (unpaired) electrons. The van der Waals surface area contributed by atoms with Gasteiger partial charge in [-0.15, -0.1) is 0 Å². The maximum Gasteiger partial charge on any atom is 0.272 e. The summed E-state index contributed by atoms with van der Waals surface area (Å²) in [6.45, 7) is 2.56. The van der Waals surface area contributed by atoms with E-state index in [4.69, 9.17) is 0 Å². The number of benzene rings is 1. The summed E-state index contributed by atoms with van der Waals surface area (Å²) in [5.41, 5.74) is 0.904. The summed E-state index contributed by atoms with van der Waals surface area (Å²) in [7, 11) is 0. The van der Waals surface area contributed by atoms with Gasteiger partial charge in [0.2, 0.25) is 0 Å². The van der Waals surface area contributed by atoms with Crippen molar-refractivity contribution in [3.63, 3.8) is 0 Å². The van der Waals surface area contributed by atoms with Crippen LogP contribution in [0.4, 0.5) is 5.69 Å². The van der Waals surface area contributed by atoms with Gasteiger partial charge in [0.15, 0.2) is 0 Å². The quantitative estimate of drug-likeness (QED) is 0.648. The van der Waals surface area contributed by atoms with Crippen molar-refractivity contribution in [3.05, 3.63) is 39.4 Å². The number of aliphatic hydroxyl groups excluding tert-OH is 1. The molecule has 1 saturated heterocycles. The SMILES string of the molecule is Cc1cc(C(=O)N2CCCC(O)C2)ccc1[N+](=O)[O-]. The number of β-amino-alcohol motifs (C(OH)–C–C–N with tert-alkyl or cyclic N) is 1. The van der Waals surface area contributed by atoms with Crippen molar-refractivity contribution < 1.29 is 14.8 Å². The number of hydrogen-bond acceptors (Lipinski definition) is 4. The van der Waals surface area contributed by atoms with Crippen LogP contribution in [-0.2, 0) is 0 Å². The molecule has 1 atom stereocenters. The molecular weight excluding hydrogens is 248 g/mol. The van der Waals surface area contributed by atoms with Gasteiger partial charge < -0.3 is 10.0 Å². The minimum atomic E-state index is -0.475. The number of nitrogens with zero attached hydrogens (tertiary/aromatic N) is 2. The molecule has 6 nitrogen and oxygen atoms in total. The first-order chi connectivity index (χ1) is 8.99. The molecule has 6 heteroatoms. The van der Waals surface area contributed by atoms with Gasteiger partial charge in [-0.05, 0) is 31.9 Å². The molecule has 0 aromatic heterocycles. The van der Waals surface area contributed by atoms with Gasteiger partial charge >= 0.3 is 0 Å². The highest BCUT2D eigenvalue weighted by Crippen LogP contribution is 2.21.